The molecule has 8 heteroatoms. The maximum Gasteiger partial charge on any atom is 0.336 e. The van der Waals surface area contributed by atoms with Crippen LogP contribution in [0.2, 0.25) is 5.02 Å². The summed E-state index contributed by atoms with van der Waals surface area (Å²) in [5, 5.41) is 4.40. The average molecular weight is 350 g/mol. The zero-order chi connectivity index (χ0) is 16.4. The Labute approximate surface area is 138 Å². The van der Waals surface area contributed by atoms with Gasteiger partial charge in [-0.2, -0.15) is 13.4 Å². The van der Waals surface area contributed by atoms with Crippen molar-refractivity contribution in [2.75, 3.05) is 7.11 Å². The fourth-order valence-corrected chi connectivity index (χ4v) is 3.47. The summed E-state index contributed by atoms with van der Waals surface area (Å²) in [5.74, 6) is 0.133. The standard InChI is InChI=1S/C15H12ClN3O3S/c1-22-15-17-14(11-6-5-7-12(16)10-11)19(18-15)23(20,21)13-8-3-2-4-9-13/h2-10H,1H3. The van der Waals surface area contributed by atoms with E-state index in [4.69, 9.17) is 16.3 Å². The summed E-state index contributed by atoms with van der Waals surface area (Å²) in [6, 6.07) is 14.7. The third-order valence-corrected chi connectivity index (χ3v) is 4.91. The molecule has 6 nitrogen and oxygen atoms in total. The number of halogens is 1. The van der Waals surface area contributed by atoms with E-state index < -0.39 is 10.0 Å². The molecular weight excluding hydrogens is 338 g/mol. The molecule has 3 rings (SSSR count). The maximum atomic E-state index is 12.8. The van der Waals surface area contributed by atoms with Crippen molar-refractivity contribution in [2.24, 2.45) is 0 Å². The molecule has 0 atom stereocenters. The van der Waals surface area contributed by atoms with E-state index in [9.17, 15) is 8.42 Å². The predicted molar refractivity (Wildman–Crippen MR) is 86.0 cm³/mol. The van der Waals surface area contributed by atoms with Crippen LogP contribution in [-0.4, -0.2) is 29.7 Å². The minimum atomic E-state index is -3.90. The van der Waals surface area contributed by atoms with Crippen LogP contribution in [-0.2, 0) is 10.0 Å². The normalized spacial score (nSPS) is 11.4. The van der Waals surface area contributed by atoms with Crippen LogP contribution in [0.15, 0.2) is 59.5 Å². The molecule has 0 aliphatic heterocycles. The second-order valence-corrected chi connectivity index (χ2v) is 6.80. The fourth-order valence-electron chi connectivity index (χ4n) is 2.03. The highest BCUT2D eigenvalue weighted by atomic mass is 35.5. The molecule has 0 spiro atoms. The van der Waals surface area contributed by atoms with Crippen molar-refractivity contribution in [3.05, 3.63) is 59.6 Å². The van der Waals surface area contributed by atoms with Gasteiger partial charge in [0.2, 0.25) is 0 Å². The van der Waals surface area contributed by atoms with Crippen LogP contribution in [0.3, 0.4) is 0 Å². The lowest BCUT2D eigenvalue weighted by Crippen LogP contribution is -2.16. The van der Waals surface area contributed by atoms with E-state index in [0.717, 1.165) is 4.09 Å². The number of hydrogen-bond acceptors (Lipinski definition) is 5. The number of methoxy groups -OCH3 is 1. The summed E-state index contributed by atoms with van der Waals surface area (Å²) in [6.45, 7) is 0. The third-order valence-electron chi connectivity index (χ3n) is 3.09. The molecule has 0 fully saturated rings. The van der Waals surface area contributed by atoms with Gasteiger partial charge in [0.1, 0.15) is 0 Å². The van der Waals surface area contributed by atoms with Gasteiger partial charge < -0.3 is 4.74 Å². The molecule has 0 aliphatic carbocycles. The number of benzene rings is 2. The molecule has 3 aromatic rings. The van der Waals surface area contributed by atoms with Crippen molar-refractivity contribution in [3.63, 3.8) is 0 Å². The molecule has 1 heterocycles. The highest BCUT2D eigenvalue weighted by Gasteiger charge is 2.25. The van der Waals surface area contributed by atoms with Gasteiger partial charge in [-0.25, -0.2) is 0 Å². The van der Waals surface area contributed by atoms with Gasteiger partial charge >= 0.3 is 6.01 Å². The van der Waals surface area contributed by atoms with Gasteiger partial charge in [0.05, 0.1) is 12.0 Å². The summed E-state index contributed by atoms with van der Waals surface area (Å²) in [5.41, 5.74) is 0.521. The number of nitrogens with zero attached hydrogens (tertiary/aromatic N) is 3. The van der Waals surface area contributed by atoms with Gasteiger partial charge in [0.25, 0.3) is 10.0 Å². The van der Waals surface area contributed by atoms with E-state index >= 15 is 0 Å². The zero-order valence-electron chi connectivity index (χ0n) is 12.0. The number of hydrogen-bond donors (Lipinski definition) is 0. The van der Waals surface area contributed by atoms with Crippen LogP contribution in [0.4, 0.5) is 0 Å². The molecule has 0 aliphatic rings. The first-order chi connectivity index (χ1) is 11.0. The summed E-state index contributed by atoms with van der Waals surface area (Å²) in [6.07, 6.45) is 0. The lowest BCUT2D eigenvalue weighted by molar-refractivity contribution is 0.380. The third kappa shape index (κ3) is 2.93. The topological polar surface area (TPSA) is 74.1 Å². The summed E-state index contributed by atoms with van der Waals surface area (Å²) >= 11 is 5.98. The van der Waals surface area contributed by atoms with Crippen molar-refractivity contribution >= 4 is 21.6 Å². The quantitative estimate of drug-likeness (QED) is 0.724. The van der Waals surface area contributed by atoms with Crippen LogP contribution < -0.4 is 4.74 Å². The molecule has 0 saturated carbocycles. The van der Waals surface area contributed by atoms with Gasteiger partial charge in [0, 0.05) is 10.6 Å². The molecule has 0 radical (unpaired) electrons. The predicted octanol–water partition coefficient (Wildman–Crippen LogP) is 2.84. The Morgan fingerprint density at radius 1 is 1.09 bits per heavy atom. The maximum absolute atomic E-state index is 12.8. The van der Waals surface area contributed by atoms with Gasteiger partial charge in [-0.1, -0.05) is 47.0 Å². The average Bonchev–Trinajstić information content (AvgIpc) is 3.01. The minimum Gasteiger partial charge on any atom is -0.466 e. The molecular formula is C15H12ClN3O3S. The molecule has 0 N–H and O–H groups in total. The first kappa shape index (κ1) is 15.5. The summed E-state index contributed by atoms with van der Waals surface area (Å²) < 4.78 is 31.5. The first-order valence-electron chi connectivity index (χ1n) is 6.60. The largest absolute Gasteiger partial charge is 0.466 e. The van der Waals surface area contributed by atoms with Crippen LogP contribution in [0.1, 0.15) is 0 Å². The molecule has 0 saturated heterocycles. The van der Waals surface area contributed by atoms with E-state index in [1.165, 1.54) is 19.2 Å². The first-order valence-corrected chi connectivity index (χ1v) is 8.42. The van der Waals surface area contributed by atoms with E-state index in [0.29, 0.717) is 10.6 Å². The Kier molecular flexibility index (Phi) is 4.06. The monoisotopic (exact) mass is 349 g/mol. The lowest BCUT2D eigenvalue weighted by atomic mass is 10.2. The summed E-state index contributed by atoms with van der Waals surface area (Å²) in [4.78, 5) is 4.23. The summed E-state index contributed by atoms with van der Waals surface area (Å²) in [7, 11) is -2.53. The van der Waals surface area contributed by atoms with Crippen molar-refractivity contribution in [1.82, 2.24) is 14.2 Å². The highest BCUT2D eigenvalue weighted by molar-refractivity contribution is 7.90. The number of aromatic nitrogens is 3. The molecule has 0 bridgehead atoms. The molecule has 2 aromatic carbocycles. The molecule has 118 valence electrons. The second kappa shape index (κ2) is 6.02. The van der Waals surface area contributed by atoms with Crippen LogP contribution >= 0.6 is 11.6 Å². The lowest BCUT2D eigenvalue weighted by Gasteiger charge is -2.07. The van der Waals surface area contributed by atoms with Crippen molar-refractivity contribution in [1.29, 1.82) is 0 Å². The van der Waals surface area contributed by atoms with Crippen LogP contribution in [0.25, 0.3) is 11.4 Å². The number of ether oxygens (including phenoxy) is 1. The Morgan fingerprint density at radius 2 is 1.83 bits per heavy atom. The SMILES string of the molecule is COc1nc(-c2cccc(Cl)c2)n(S(=O)(=O)c2ccccc2)n1. The minimum absolute atomic E-state index is 0.0421. The molecule has 23 heavy (non-hydrogen) atoms. The Hall–Kier alpha value is -2.38. The highest BCUT2D eigenvalue weighted by Crippen LogP contribution is 2.26. The van der Waals surface area contributed by atoms with Gasteiger partial charge in [-0.15, -0.1) is 4.09 Å². The van der Waals surface area contributed by atoms with E-state index in [2.05, 4.69) is 10.1 Å². The van der Waals surface area contributed by atoms with E-state index in [1.54, 1.807) is 42.5 Å². The van der Waals surface area contributed by atoms with E-state index in [1.807, 2.05) is 0 Å². The van der Waals surface area contributed by atoms with E-state index in [-0.39, 0.29) is 16.7 Å². The second-order valence-electron chi connectivity index (χ2n) is 4.59. The smallest absolute Gasteiger partial charge is 0.336 e. The van der Waals surface area contributed by atoms with Crippen molar-refractivity contribution < 1.29 is 13.2 Å². The Balaban J connectivity index is 2.22. The Morgan fingerprint density at radius 3 is 2.48 bits per heavy atom. The van der Waals surface area contributed by atoms with Crippen LogP contribution in [0.5, 0.6) is 6.01 Å². The zero-order valence-corrected chi connectivity index (χ0v) is 13.6. The molecule has 0 amide bonds. The van der Waals surface area contributed by atoms with Crippen LogP contribution in [0, 0.1) is 0 Å². The van der Waals surface area contributed by atoms with Gasteiger partial charge in [0.15, 0.2) is 5.82 Å². The van der Waals surface area contributed by atoms with Gasteiger partial charge in [-0.3, -0.25) is 0 Å². The van der Waals surface area contributed by atoms with Gasteiger partial charge in [-0.05, 0) is 24.3 Å². The molecule has 0 unspecified atom stereocenters. The van der Waals surface area contributed by atoms with Crippen molar-refractivity contribution in [3.8, 4) is 17.4 Å². The number of rotatable bonds is 4. The Bertz CT molecular complexity index is 940. The van der Waals surface area contributed by atoms with Crippen molar-refractivity contribution in [2.45, 2.75) is 4.90 Å². The molecule has 1 aromatic heterocycles. The fraction of sp³-hybridized carbons (Fsp3) is 0.0667.